The Balaban J connectivity index is 3.08. The minimum Gasteiger partial charge on any atom is -0.507 e. The third kappa shape index (κ3) is 1.10. The Morgan fingerprint density at radius 2 is 2.50 bits per heavy atom. The van der Waals surface area contributed by atoms with Crippen molar-refractivity contribution >= 4 is 11.6 Å². The molecule has 2 nitrogen and oxygen atoms in total. The van der Waals surface area contributed by atoms with Crippen molar-refractivity contribution < 1.29 is 5.11 Å². The van der Waals surface area contributed by atoms with E-state index in [0.29, 0.717) is 0 Å². The van der Waals surface area contributed by atoms with Crippen LogP contribution in [-0.4, -0.2) is 10.1 Å². The quantitative estimate of drug-likeness (QED) is 0.534. The molecule has 41 valence electrons. The summed E-state index contributed by atoms with van der Waals surface area (Å²) in [5.41, 5.74) is 0. The van der Waals surface area contributed by atoms with Crippen LogP contribution in [0.2, 0.25) is 5.15 Å². The fraction of sp³-hybridized carbons (Fsp3) is 0. The maximum atomic E-state index is 8.63. The summed E-state index contributed by atoms with van der Waals surface area (Å²) >= 11 is 5.32. The molecule has 0 bridgehead atoms. The van der Waals surface area contributed by atoms with Gasteiger partial charge in [-0.25, -0.2) is 4.98 Å². The molecule has 1 N–H and O–H groups in total. The first-order valence-corrected chi connectivity index (χ1v) is 2.39. The van der Waals surface area contributed by atoms with Gasteiger partial charge < -0.3 is 5.11 Å². The molecule has 0 aliphatic heterocycles. The number of hydrogen-bond donors (Lipinski definition) is 1. The maximum Gasteiger partial charge on any atom is 0.140 e. The van der Waals surface area contributed by atoms with Gasteiger partial charge in [-0.05, 0) is 6.07 Å². The van der Waals surface area contributed by atoms with E-state index in [-0.39, 0.29) is 10.9 Å². The summed E-state index contributed by atoms with van der Waals surface area (Å²) in [6.45, 7) is 0. The average molecular weight is 129 g/mol. The summed E-state index contributed by atoms with van der Waals surface area (Å²) in [7, 11) is 0. The van der Waals surface area contributed by atoms with Crippen LogP contribution < -0.4 is 0 Å². The van der Waals surface area contributed by atoms with Crippen molar-refractivity contribution in [1.82, 2.24) is 4.98 Å². The molecule has 1 rings (SSSR count). The van der Waals surface area contributed by atoms with E-state index >= 15 is 0 Å². The van der Waals surface area contributed by atoms with E-state index in [2.05, 4.69) is 11.1 Å². The van der Waals surface area contributed by atoms with E-state index in [4.69, 9.17) is 16.7 Å². The molecule has 8 heavy (non-hydrogen) atoms. The van der Waals surface area contributed by atoms with Gasteiger partial charge in [-0.3, -0.25) is 0 Å². The van der Waals surface area contributed by atoms with Crippen molar-refractivity contribution in [3.63, 3.8) is 0 Å². The zero-order valence-corrected chi connectivity index (χ0v) is 4.68. The first kappa shape index (κ1) is 5.38. The number of hydrogen-bond acceptors (Lipinski definition) is 2. The van der Waals surface area contributed by atoms with Crippen LogP contribution in [0.25, 0.3) is 0 Å². The molecule has 1 radical (unpaired) electrons. The van der Waals surface area contributed by atoms with Gasteiger partial charge in [0.25, 0.3) is 0 Å². The first-order valence-electron chi connectivity index (χ1n) is 2.02. The molecular formula is C5H3ClNO. The Kier molecular flexibility index (Phi) is 1.35. The fourth-order valence-electron chi connectivity index (χ4n) is 0.353. The van der Waals surface area contributed by atoms with Gasteiger partial charge in [-0.1, -0.05) is 11.6 Å². The van der Waals surface area contributed by atoms with Gasteiger partial charge in [0, 0.05) is 6.20 Å². The predicted octanol–water partition coefficient (Wildman–Crippen LogP) is 1.24. The summed E-state index contributed by atoms with van der Waals surface area (Å²) < 4.78 is 0. The Morgan fingerprint density at radius 3 is 2.88 bits per heavy atom. The van der Waals surface area contributed by atoms with Crippen LogP contribution in [0.5, 0.6) is 5.75 Å². The fourth-order valence-corrected chi connectivity index (χ4v) is 0.506. The smallest absolute Gasteiger partial charge is 0.140 e. The standard InChI is InChI=1S/C5H3ClNO/c6-5-3-4(8)1-2-7-5/h1-2H,(H,7,8). The van der Waals surface area contributed by atoms with Gasteiger partial charge in [0.15, 0.2) is 0 Å². The van der Waals surface area contributed by atoms with E-state index in [0.717, 1.165) is 0 Å². The van der Waals surface area contributed by atoms with Crippen molar-refractivity contribution in [2.24, 2.45) is 0 Å². The zero-order valence-electron chi connectivity index (χ0n) is 3.93. The van der Waals surface area contributed by atoms with Gasteiger partial charge in [0.2, 0.25) is 0 Å². The third-order valence-electron chi connectivity index (χ3n) is 0.652. The average Bonchev–Trinajstić information content (AvgIpc) is 1.64. The second-order valence-corrected chi connectivity index (χ2v) is 1.60. The predicted molar refractivity (Wildman–Crippen MR) is 29.7 cm³/mol. The minimum atomic E-state index is 0.0185. The van der Waals surface area contributed by atoms with E-state index < -0.39 is 0 Å². The highest BCUT2D eigenvalue weighted by atomic mass is 35.5. The molecule has 1 aromatic heterocycles. The molecule has 1 aromatic rings. The molecule has 0 saturated carbocycles. The highest BCUT2D eigenvalue weighted by Crippen LogP contribution is 2.09. The highest BCUT2D eigenvalue weighted by molar-refractivity contribution is 6.29. The lowest BCUT2D eigenvalue weighted by molar-refractivity contribution is 0.473. The van der Waals surface area contributed by atoms with Gasteiger partial charge in [0.05, 0.1) is 6.07 Å². The largest absolute Gasteiger partial charge is 0.507 e. The topological polar surface area (TPSA) is 33.1 Å². The molecule has 0 amide bonds. The lowest BCUT2D eigenvalue weighted by atomic mass is 10.5. The summed E-state index contributed by atoms with van der Waals surface area (Å²) in [5, 5.41) is 8.82. The Labute approximate surface area is 51.7 Å². The Morgan fingerprint density at radius 1 is 1.75 bits per heavy atom. The molecular weight excluding hydrogens is 126 g/mol. The van der Waals surface area contributed by atoms with Crippen LogP contribution in [0.1, 0.15) is 0 Å². The normalized spacial score (nSPS) is 9.12. The second kappa shape index (κ2) is 2.01. The Hall–Kier alpha value is -0.760. The molecule has 0 aliphatic carbocycles. The van der Waals surface area contributed by atoms with Crippen molar-refractivity contribution in [1.29, 1.82) is 0 Å². The van der Waals surface area contributed by atoms with E-state index in [1.165, 1.54) is 12.3 Å². The number of nitrogens with zero attached hydrogens (tertiary/aromatic N) is 1. The molecule has 0 atom stereocenters. The number of rotatable bonds is 0. The van der Waals surface area contributed by atoms with E-state index in [1.807, 2.05) is 0 Å². The van der Waals surface area contributed by atoms with Crippen LogP contribution in [0.4, 0.5) is 0 Å². The van der Waals surface area contributed by atoms with Crippen molar-refractivity contribution in [3.8, 4) is 5.75 Å². The maximum absolute atomic E-state index is 8.63. The van der Waals surface area contributed by atoms with Gasteiger partial charge in [-0.2, -0.15) is 0 Å². The molecule has 3 heteroatoms. The summed E-state index contributed by atoms with van der Waals surface area (Å²) in [4.78, 5) is 3.59. The molecule has 0 aliphatic rings. The Bertz CT molecular complexity index is 172. The van der Waals surface area contributed by atoms with E-state index in [1.54, 1.807) is 0 Å². The second-order valence-electron chi connectivity index (χ2n) is 1.25. The van der Waals surface area contributed by atoms with Crippen LogP contribution >= 0.6 is 11.6 Å². The van der Waals surface area contributed by atoms with Crippen LogP contribution in [0.3, 0.4) is 0 Å². The van der Waals surface area contributed by atoms with Crippen LogP contribution in [0, 0.1) is 6.07 Å². The summed E-state index contributed by atoms with van der Waals surface area (Å²) in [6, 6.07) is 3.79. The summed E-state index contributed by atoms with van der Waals surface area (Å²) in [6.07, 6.45) is 1.41. The minimum absolute atomic E-state index is 0.0185. The van der Waals surface area contributed by atoms with Crippen molar-refractivity contribution in [3.05, 3.63) is 23.5 Å². The molecule has 0 saturated heterocycles. The van der Waals surface area contributed by atoms with Crippen LogP contribution in [-0.2, 0) is 0 Å². The monoisotopic (exact) mass is 128 g/mol. The van der Waals surface area contributed by atoms with Gasteiger partial charge in [-0.15, -0.1) is 0 Å². The summed E-state index contributed by atoms with van der Waals surface area (Å²) in [5.74, 6) is 0.0185. The number of halogens is 1. The molecule has 0 unspecified atom stereocenters. The number of aromatic nitrogens is 1. The third-order valence-corrected chi connectivity index (χ3v) is 0.844. The number of pyridine rings is 1. The molecule has 1 heterocycles. The molecule has 0 fully saturated rings. The van der Waals surface area contributed by atoms with Crippen molar-refractivity contribution in [2.45, 2.75) is 0 Å². The van der Waals surface area contributed by atoms with Crippen molar-refractivity contribution in [2.75, 3.05) is 0 Å². The highest BCUT2D eigenvalue weighted by Gasteiger charge is 1.88. The first-order chi connectivity index (χ1) is 3.79. The lowest BCUT2D eigenvalue weighted by Crippen LogP contribution is -1.70. The van der Waals surface area contributed by atoms with Gasteiger partial charge in [0.1, 0.15) is 10.9 Å². The zero-order chi connectivity index (χ0) is 5.98. The molecule has 0 aromatic carbocycles. The van der Waals surface area contributed by atoms with E-state index in [9.17, 15) is 0 Å². The lowest BCUT2D eigenvalue weighted by Gasteiger charge is -1.86. The molecule has 0 spiro atoms. The number of aromatic hydroxyl groups is 1. The van der Waals surface area contributed by atoms with Gasteiger partial charge >= 0.3 is 0 Å². The SMILES string of the molecule is Oc1[c]c(Cl)ncc1. The van der Waals surface area contributed by atoms with Crippen LogP contribution in [0.15, 0.2) is 12.3 Å².